The van der Waals surface area contributed by atoms with Gasteiger partial charge in [0.15, 0.2) is 0 Å². The molecule has 0 unspecified atom stereocenters. The molecule has 0 bridgehead atoms. The van der Waals surface area contributed by atoms with Crippen molar-refractivity contribution in [3.8, 4) is 5.75 Å². The number of carboxylic acids is 1. The van der Waals surface area contributed by atoms with Crippen LogP contribution in [-0.4, -0.2) is 24.2 Å². The normalized spacial score (nSPS) is 11.6. The van der Waals surface area contributed by atoms with Crippen LogP contribution in [0.2, 0.25) is 0 Å². The van der Waals surface area contributed by atoms with Crippen LogP contribution < -0.4 is 4.74 Å². The molecule has 0 aliphatic heterocycles. The smallest absolute Gasteiger partial charge is 0.307 e. The third-order valence-corrected chi connectivity index (χ3v) is 3.94. The summed E-state index contributed by atoms with van der Waals surface area (Å²) in [7, 11) is 1.26. The molecule has 25 heavy (non-hydrogen) atoms. The van der Waals surface area contributed by atoms with Crippen molar-refractivity contribution in [1.29, 1.82) is 0 Å². The van der Waals surface area contributed by atoms with Crippen LogP contribution in [0.15, 0.2) is 54.6 Å². The first kappa shape index (κ1) is 18.5. The summed E-state index contributed by atoms with van der Waals surface area (Å²) in [5.74, 6) is -1.45. The first-order valence-electron chi connectivity index (χ1n) is 8.13. The predicted molar refractivity (Wildman–Crippen MR) is 93.3 cm³/mol. The second-order valence-corrected chi connectivity index (χ2v) is 5.77. The zero-order chi connectivity index (χ0) is 18.1. The van der Waals surface area contributed by atoms with Gasteiger partial charge in [0.2, 0.25) is 0 Å². The average Bonchev–Trinajstić information content (AvgIpc) is 2.64. The molecule has 2 aromatic rings. The molecule has 0 fully saturated rings. The highest BCUT2D eigenvalue weighted by Gasteiger charge is 2.21. The maximum atomic E-state index is 11.3. The molecule has 1 N–H and O–H groups in total. The molecular formula is C20H22O5. The molecule has 132 valence electrons. The van der Waals surface area contributed by atoms with Crippen LogP contribution in [0.3, 0.4) is 0 Å². The van der Waals surface area contributed by atoms with Crippen molar-refractivity contribution in [3.63, 3.8) is 0 Å². The molecular weight excluding hydrogens is 320 g/mol. The van der Waals surface area contributed by atoms with Crippen LogP contribution >= 0.6 is 0 Å². The van der Waals surface area contributed by atoms with Crippen LogP contribution in [-0.2, 0) is 27.4 Å². The Morgan fingerprint density at radius 1 is 1.00 bits per heavy atom. The Bertz CT molecular complexity index is 679. The van der Waals surface area contributed by atoms with Crippen molar-refractivity contribution >= 4 is 11.9 Å². The van der Waals surface area contributed by atoms with E-state index in [1.54, 1.807) is 0 Å². The lowest BCUT2D eigenvalue weighted by atomic mass is 9.96. The van der Waals surface area contributed by atoms with Crippen LogP contribution in [0.1, 0.15) is 24.0 Å². The van der Waals surface area contributed by atoms with E-state index in [-0.39, 0.29) is 6.42 Å². The second kappa shape index (κ2) is 9.47. The summed E-state index contributed by atoms with van der Waals surface area (Å²) in [6.07, 6.45) is 0.853. The molecule has 1 atom stereocenters. The van der Waals surface area contributed by atoms with Crippen LogP contribution in [0.4, 0.5) is 0 Å². The van der Waals surface area contributed by atoms with E-state index in [0.29, 0.717) is 19.4 Å². The van der Waals surface area contributed by atoms with Gasteiger partial charge in [-0.3, -0.25) is 9.59 Å². The van der Waals surface area contributed by atoms with E-state index in [9.17, 15) is 14.7 Å². The largest absolute Gasteiger partial charge is 0.489 e. The van der Waals surface area contributed by atoms with E-state index in [1.807, 2.05) is 54.6 Å². The minimum Gasteiger partial charge on any atom is -0.489 e. The van der Waals surface area contributed by atoms with Crippen molar-refractivity contribution in [2.75, 3.05) is 7.11 Å². The summed E-state index contributed by atoms with van der Waals surface area (Å²) in [6, 6.07) is 17.5. The van der Waals surface area contributed by atoms with E-state index in [2.05, 4.69) is 4.74 Å². The van der Waals surface area contributed by atoms with Crippen LogP contribution in [0.25, 0.3) is 0 Å². The number of ether oxygens (including phenoxy) is 2. The van der Waals surface area contributed by atoms with Crippen molar-refractivity contribution in [1.82, 2.24) is 0 Å². The highest BCUT2D eigenvalue weighted by atomic mass is 16.5. The summed E-state index contributed by atoms with van der Waals surface area (Å²) in [6.45, 7) is 0.500. The molecule has 0 aromatic heterocycles. The fraction of sp³-hybridized carbons (Fsp3) is 0.300. The number of methoxy groups -OCH3 is 1. The van der Waals surface area contributed by atoms with E-state index >= 15 is 0 Å². The summed E-state index contributed by atoms with van der Waals surface area (Å²) < 4.78 is 10.3. The lowest BCUT2D eigenvalue weighted by molar-refractivity contribution is -0.150. The third-order valence-electron chi connectivity index (χ3n) is 3.94. The van der Waals surface area contributed by atoms with Gasteiger partial charge < -0.3 is 14.6 Å². The van der Waals surface area contributed by atoms with Gasteiger partial charge in [-0.15, -0.1) is 0 Å². The lowest BCUT2D eigenvalue weighted by Crippen LogP contribution is -2.19. The van der Waals surface area contributed by atoms with Gasteiger partial charge in [0, 0.05) is 0 Å². The van der Waals surface area contributed by atoms with Gasteiger partial charge in [0.1, 0.15) is 12.4 Å². The first-order valence-corrected chi connectivity index (χ1v) is 8.13. The predicted octanol–water partition coefficient (Wildman–Crippen LogP) is 3.46. The Hall–Kier alpha value is -2.82. The minimum atomic E-state index is -0.979. The highest BCUT2D eigenvalue weighted by molar-refractivity contribution is 5.78. The van der Waals surface area contributed by atoms with Crippen molar-refractivity contribution in [2.24, 2.45) is 5.92 Å². The number of benzene rings is 2. The third kappa shape index (κ3) is 6.30. The quantitative estimate of drug-likeness (QED) is 0.707. The van der Waals surface area contributed by atoms with E-state index in [0.717, 1.165) is 16.9 Å². The Balaban J connectivity index is 1.84. The Morgan fingerprint density at radius 3 is 2.28 bits per heavy atom. The zero-order valence-corrected chi connectivity index (χ0v) is 14.2. The monoisotopic (exact) mass is 342 g/mol. The number of carboxylic acid groups (broad SMARTS) is 1. The number of carbonyl (C=O) groups excluding carboxylic acids is 1. The van der Waals surface area contributed by atoms with Crippen molar-refractivity contribution in [3.05, 3.63) is 65.7 Å². The average molecular weight is 342 g/mol. The number of hydrogen-bond acceptors (Lipinski definition) is 4. The molecule has 0 spiro atoms. The molecule has 0 radical (unpaired) electrons. The first-order chi connectivity index (χ1) is 12.1. The summed E-state index contributed by atoms with van der Waals surface area (Å²) in [5, 5.41) is 9.19. The number of rotatable bonds is 9. The fourth-order valence-electron chi connectivity index (χ4n) is 2.43. The Morgan fingerprint density at radius 2 is 1.68 bits per heavy atom. The maximum absolute atomic E-state index is 11.3. The molecule has 5 nitrogen and oxygen atoms in total. The van der Waals surface area contributed by atoms with E-state index < -0.39 is 17.9 Å². The van der Waals surface area contributed by atoms with Gasteiger partial charge in [0.05, 0.1) is 19.4 Å². The van der Waals surface area contributed by atoms with Gasteiger partial charge in [-0.05, 0) is 36.1 Å². The molecule has 2 rings (SSSR count). The molecule has 0 saturated carbocycles. The van der Waals surface area contributed by atoms with Crippen LogP contribution in [0, 0.1) is 5.92 Å². The minimum absolute atomic E-state index is 0.107. The molecule has 0 aliphatic carbocycles. The van der Waals surface area contributed by atoms with Gasteiger partial charge in [-0.1, -0.05) is 42.5 Å². The molecule has 0 aliphatic rings. The summed E-state index contributed by atoms with van der Waals surface area (Å²) in [5.41, 5.74) is 2.10. The number of aliphatic carboxylic acids is 1. The van der Waals surface area contributed by atoms with Crippen molar-refractivity contribution in [2.45, 2.75) is 25.9 Å². The number of carbonyl (C=O) groups is 2. The van der Waals surface area contributed by atoms with E-state index in [4.69, 9.17) is 4.74 Å². The summed E-state index contributed by atoms with van der Waals surface area (Å²) in [4.78, 5) is 22.5. The number of hydrogen-bond donors (Lipinski definition) is 1. The molecule has 0 amide bonds. The number of aryl methyl sites for hydroxylation is 1. The van der Waals surface area contributed by atoms with Gasteiger partial charge >= 0.3 is 11.9 Å². The lowest BCUT2D eigenvalue weighted by Gasteiger charge is -2.11. The topological polar surface area (TPSA) is 72.8 Å². The molecule has 0 saturated heterocycles. The summed E-state index contributed by atoms with van der Waals surface area (Å²) >= 11 is 0. The van der Waals surface area contributed by atoms with Gasteiger partial charge in [-0.2, -0.15) is 0 Å². The Labute approximate surface area is 147 Å². The second-order valence-electron chi connectivity index (χ2n) is 5.77. The molecule has 2 aromatic carbocycles. The fourth-order valence-corrected chi connectivity index (χ4v) is 2.43. The molecule has 0 heterocycles. The van der Waals surface area contributed by atoms with Gasteiger partial charge in [-0.25, -0.2) is 0 Å². The van der Waals surface area contributed by atoms with Crippen LogP contribution in [0.5, 0.6) is 5.75 Å². The maximum Gasteiger partial charge on any atom is 0.307 e. The zero-order valence-electron chi connectivity index (χ0n) is 14.2. The highest BCUT2D eigenvalue weighted by Crippen LogP contribution is 2.18. The van der Waals surface area contributed by atoms with E-state index in [1.165, 1.54) is 7.11 Å². The Kier molecular flexibility index (Phi) is 7.01. The van der Waals surface area contributed by atoms with Gasteiger partial charge in [0.25, 0.3) is 0 Å². The molecule has 5 heteroatoms. The SMILES string of the molecule is COC(=O)C[C@@H](CCc1ccc(OCc2ccccc2)cc1)C(=O)O. The van der Waals surface area contributed by atoms with Crippen molar-refractivity contribution < 1.29 is 24.2 Å². The number of esters is 1. The standard InChI is InChI=1S/C20H22O5/c1-24-19(21)13-17(20(22)23)10-7-15-8-11-18(12-9-15)25-14-16-5-3-2-4-6-16/h2-6,8-9,11-12,17H,7,10,13-14H2,1H3,(H,22,23)/t17-/m1/s1.